The van der Waals surface area contributed by atoms with Crippen LogP contribution in [0, 0.1) is 0 Å². The number of carbonyl (C=O) groups is 1. The molecule has 5 heteroatoms. The van der Waals surface area contributed by atoms with Crippen LogP contribution in [-0.4, -0.2) is 36.9 Å². The molecule has 0 aromatic heterocycles. The average Bonchev–Trinajstić information content (AvgIpc) is 1.79. The normalized spacial score (nSPS) is 33.0. The van der Waals surface area contributed by atoms with E-state index in [0.29, 0.717) is 0 Å². The van der Waals surface area contributed by atoms with E-state index in [4.69, 9.17) is 5.11 Å². The third-order valence-electron chi connectivity index (χ3n) is 1.15. The van der Waals surface area contributed by atoms with Crippen LogP contribution in [0.4, 0.5) is 0 Å². The van der Waals surface area contributed by atoms with E-state index in [1.54, 1.807) is 0 Å². The summed E-state index contributed by atoms with van der Waals surface area (Å²) in [4.78, 5) is 10.4. The van der Waals surface area contributed by atoms with Crippen LogP contribution in [0.2, 0.25) is 0 Å². The Morgan fingerprint density at radius 3 is 2.22 bits per heavy atom. The summed E-state index contributed by atoms with van der Waals surface area (Å²) in [6, 6.07) is 0. The lowest BCUT2D eigenvalue weighted by molar-refractivity contribution is -0.122. The van der Waals surface area contributed by atoms with E-state index in [0.717, 1.165) is 0 Å². The van der Waals surface area contributed by atoms with Crippen LogP contribution in [-0.2, 0) is 14.6 Å². The molecule has 0 amide bonds. The highest BCUT2D eigenvalue weighted by atomic mass is 32.2. The molecule has 1 atom stereocenters. The van der Waals surface area contributed by atoms with E-state index in [9.17, 15) is 13.2 Å². The summed E-state index contributed by atoms with van der Waals surface area (Å²) in [7, 11) is -3.24. The van der Waals surface area contributed by atoms with Crippen molar-refractivity contribution in [3.05, 3.63) is 0 Å². The van der Waals surface area contributed by atoms with Crippen LogP contribution < -0.4 is 0 Å². The minimum Gasteiger partial charge on any atom is -0.384 e. The van der Waals surface area contributed by atoms with E-state index in [1.165, 1.54) is 0 Å². The zero-order chi connectivity index (χ0) is 7.07. The largest absolute Gasteiger partial charge is 0.384 e. The second-order valence-electron chi connectivity index (χ2n) is 2.04. The molecule has 1 heterocycles. The Morgan fingerprint density at radius 2 is 2.11 bits per heavy atom. The van der Waals surface area contributed by atoms with Crippen LogP contribution in [0.1, 0.15) is 0 Å². The summed E-state index contributed by atoms with van der Waals surface area (Å²) in [6.07, 6.45) is -1.27. The number of aliphatic hydroxyl groups is 1. The molecule has 0 aliphatic carbocycles. The Labute approximate surface area is 52.4 Å². The minimum atomic E-state index is -3.24. The predicted octanol–water partition coefficient (Wildman–Crippen LogP) is -1.66. The Hall–Kier alpha value is -0.420. The summed E-state index contributed by atoms with van der Waals surface area (Å²) >= 11 is 0. The lowest BCUT2D eigenvalue weighted by Gasteiger charge is -1.89. The molecule has 1 aliphatic rings. The molecule has 0 saturated carbocycles. The summed E-state index contributed by atoms with van der Waals surface area (Å²) in [6.45, 7) is 0. The number of carbonyl (C=O) groups excluding carboxylic acids is 1. The fraction of sp³-hybridized carbons (Fsp3) is 0.750. The lowest BCUT2D eigenvalue weighted by atomic mass is 10.3. The number of sulfone groups is 1. The van der Waals surface area contributed by atoms with E-state index in [2.05, 4.69) is 0 Å². The lowest BCUT2D eigenvalue weighted by Crippen LogP contribution is -2.16. The Bertz CT molecular complexity index is 227. The molecule has 4 nitrogen and oxygen atoms in total. The van der Waals surface area contributed by atoms with Crippen LogP contribution in [0.15, 0.2) is 0 Å². The highest BCUT2D eigenvalue weighted by Crippen LogP contribution is 2.06. The van der Waals surface area contributed by atoms with Crippen molar-refractivity contribution in [2.75, 3.05) is 11.5 Å². The number of rotatable bonds is 0. The van der Waals surface area contributed by atoms with Gasteiger partial charge in [0.15, 0.2) is 15.6 Å². The fourth-order valence-electron chi connectivity index (χ4n) is 0.705. The van der Waals surface area contributed by atoms with Gasteiger partial charge in [-0.2, -0.15) is 0 Å². The number of aliphatic hydroxyl groups excluding tert-OH is 1. The molecule has 0 aromatic rings. The van der Waals surface area contributed by atoms with Gasteiger partial charge in [-0.25, -0.2) is 8.42 Å². The van der Waals surface area contributed by atoms with E-state index >= 15 is 0 Å². The first-order chi connectivity index (χ1) is 4.01. The molecular formula is C4H6O4S. The molecule has 1 fully saturated rings. The summed E-state index contributed by atoms with van der Waals surface area (Å²) < 4.78 is 20.9. The topological polar surface area (TPSA) is 71.4 Å². The first-order valence-corrected chi connectivity index (χ1v) is 4.24. The van der Waals surface area contributed by atoms with Crippen molar-refractivity contribution < 1.29 is 18.3 Å². The molecule has 1 saturated heterocycles. The Kier molecular flexibility index (Phi) is 1.32. The minimum absolute atomic E-state index is 0.397. The maximum atomic E-state index is 10.5. The molecule has 1 unspecified atom stereocenters. The molecule has 1 aliphatic heterocycles. The highest BCUT2D eigenvalue weighted by Gasteiger charge is 2.34. The zero-order valence-electron chi connectivity index (χ0n) is 4.57. The standard InChI is InChI=1S/C4H6O4S/c5-3-1-9(7,8)2-4(3)6/h3,5H,1-2H2. The Morgan fingerprint density at radius 1 is 1.56 bits per heavy atom. The predicted molar refractivity (Wildman–Crippen MR) is 29.7 cm³/mol. The summed E-state index contributed by atoms with van der Waals surface area (Å²) in [5.41, 5.74) is 0. The van der Waals surface area contributed by atoms with Gasteiger partial charge in [0.1, 0.15) is 11.9 Å². The maximum absolute atomic E-state index is 10.5. The molecule has 0 bridgehead atoms. The number of hydrogen-bond donors (Lipinski definition) is 1. The zero-order valence-corrected chi connectivity index (χ0v) is 5.39. The van der Waals surface area contributed by atoms with Gasteiger partial charge in [0.25, 0.3) is 0 Å². The van der Waals surface area contributed by atoms with Gasteiger partial charge in [-0.15, -0.1) is 0 Å². The van der Waals surface area contributed by atoms with Gasteiger partial charge in [0.05, 0.1) is 5.75 Å². The van der Waals surface area contributed by atoms with Gasteiger partial charge in [-0.1, -0.05) is 0 Å². The molecular weight excluding hydrogens is 144 g/mol. The van der Waals surface area contributed by atoms with E-state index in [1.807, 2.05) is 0 Å². The third-order valence-corrected chi connectivity index (χ3v) is 2.69. The summed E-state index contributed by atoms with van der Waals surface area (Å²) in [5, 5.41) is 8.60. The quantitative estimate of drug-likeness (QED) is 0.449. The van der Waals surface area contributed by atoms with E-state index in [-0.39, 0.29) is 0 Å². The summed E-state index contributed by atoms with van der Waals surface area (Å²) in [5.74, 6) is -1.48. The highest BCUT2D eigenvalue weighted by molar-refractivity contribution is 7.92. The van der Waals surface area contributed by atoms with Crippen molar-refractivity contribution in [1.82, 2.24) is 0 Å². The van der Waals surface area contributed by atoms with Crippen molar-refractivity contribution in [1.29, 1.82) is 0 Å². The van der Waals surface area contributed by atoms with Gasteiger partial charge in [-0.05, 0) is 0 Å². The van der Waals surface area contributed by atoms with Gasteiger partial charge in [0, 0.05) is 0 Å². The molecule has 0 spiro atoms. The number of Topliss-reactive ketones (excluding diaryl/α,β-unsaturated/α-hetero) is 1. The smallest absolute Gasteiger partial charge is 0.177 e. The molecule has 0 radical (unpaired) electrons. The van der Waals surface area contributed by atoms with Gasteiger partial charge in [0.2, 0.25) is 0 Å². The van der Waals surface area contributed by atoms with Crippen molar-refractivity contribution in [2.24, 2.45) is 0 Å². The van der Waals surface area contributed by atoms with Gasteiger partial charge >= 0.3 is 0 Å². The van der Waals surface area contributed by atoms with Gasteiger partial charge < -0.3 is 5.11 Å². The SMILES string of the molecule is O=C1CS(=O)(=O)CC1O. The van der Waals surface area contributed by atoms with Gasteiger partial charge in [-0.3, -0.25) is 4.79 Å². The maximum Gasteiger partial charge on any atom is 0.177 e. The molecule has 0 aromatic carbocycles. The fourth-order valence-corrected chi connectivity index (χ4v) is 2.12. The molecule has 9 heavy (non-hydrogen) atoms. The van der Waals surface area contributed by atoms with Crippen LogP contribution in [0.5, 0.6) is 0 Å². The monoisotopic (exact) mass is 150 g/mol. The average molecular weight is 150 g/mol. The Balaban J connectivity index is 2.90. The van der Waals surface area contributed by atoms with Crippen molar-refractivity contribution >= 4 is 15.6 Å². The van der Waals surface area contributed by atoms with Crippen molar-refractivity contribution in [3.63, 3.8) is 0 Å². The third kappa shape index (κ3) is 1.28. The van der Waals surface area contributed by atoms with Crippen molar-refractivity contribution in [2.45, 2.75) is 6.10 Å². The first-order valence-electron chi connectivity index (χ1n) is 2.42. The molecule has 1 N–H and O–H groups in total. The van der Waals surface area contributed by atoms with Crippen LogP contribution in [0.25, 0.3) is 0 Å². The number of ketones is 1. The molecule has 52 valence electrons. The van der Waals surface area contributed by atoms with Crippen LogP contribution >= 0.6 is 0 Å². The molecule has 1 rings (SSSR count). The van der Waals surface area contributed by atoms with Crippen LogP contribution in [0.3, 0.4) is 0 Å². The van der Waals surface area contributed by atoms with Crippen molar-refractivity contribution in [3.8, 4) is 0 Å². The number of hydrogen-bond acceptors (Lipinski definition) is 4. The second-order valence-corrected chi connectivity index (χ2v) is 4.15. The second kappa shape index (κ2) is 1.78. The first kappa shape index (κ1) is 6.70. The van der Waals surface area contributed by atoms with E-state index < -0.39 is 33.2 Å².